The van der Waals surface area contributed by atoms with Gasteiger partial charge in [-0.25, -0.2) is 0 Å². The third-order valence-electron chi connectivity index (χ3n) is 6.08. The monoisotopic (exact) mass is 486 g/mol. The van der Waals surface area contributed by atoms with E-state index in [1.807, 2.05) is 0 Å². The second kappa shape index (κ2) is 9.17. The molecule has 0 spiro atoms. The summed E-state index contributed by atoms with van der Waals surface area (Å²) in [4.78, 5) is 25.6. The zero-order chi connectivity index (χ0) is 25.3. The molecule has 1 aliphatic carbocycles. The standard InChI is InChI=1S/C27H22F4O4/c1-2-34-22-13-11-21(12-14-22)25(17-26(28,29)27(25,30)31)24(33)35-16-18-7-6-10-20(15-18)23(32)19-8-4-3-5-9-19/h3-15H,2,16-17H2,1H3. The molecule has 3 aromatic rings. The van der Waals surface area contributed by atoms with E-state index in [0.29, 0.717) is 29.0 Å². The largest absolute Gasteiger partial charge is 0.494 e. The fourth-order valence-electron chi connectivity index (χ4n) is 4.20. The molecule has 182 valence electrons. The summed E-state index contributed by atoms with van der Waals surface area (Å²) in [6.07, 6.45) is -1.38. The second-order valence-electron chi connectivity index (χ2n) is 8.29. The van der Waals surface area contributed by atoms with E-state index in [2.05, 4.69) is 0 Å². The molecule has 35 heavy (non-hydrogen) atoms. The van der Waals surface area contributed by atoms with Crippen molar-refractivity contribution >= 4 is 11.8 Å². The minimum absolute atomic E-state index is 0.269. The summed E-state index contributed by atoms with van der Waals surface area (Å²) in [6, 6.07) is 19.7. The first kappa shape index (κ1) is 24.4. The highest BCUT2D eigenvalue weighted by Crippen LogP contribution is 2.64. The van der Waals surface area contributed by atoms with E-state index in [-0.39, 0.29) is 11.3 Å². The molecule has 1 unspecified atom stereocenters. The smallest absolute Gasteiger partial charge is 0.330 e. The summed E-state index contributed by atoms with van der Waals surface area (Å²) in [7, 11) is 0. The van der Waals surface area contributed by atoms with Crippen LogP contribution in [0.2, 0.25) is 0 Å². The first-order chi connectivity index (χ1) is 16.6. The number of halogens is 4. The Morgan fingerprint density at radius 1 is 0.857 bits per heavy atom. The van der Waals surface area contributed by atoms with E-state index in [1.165, 1.54) is 30.3 Å². The highest BCUT2D eigenvalue weighted by atomic mass is 19.3. The molecule has 0 N–H and O–H groups in total. The number of carbonyl (C=O) groups excluding carboxylic acids is 2. The molecular formula is C27H22F4O4. The molecule has 1 saturated carbocycles. The molecule has 1 atom stereocenters. The minimum atomic E-state index is -4.64. The predicted molar refractivity (Wildman–Crippen MR) is 120 cm³/mol. The third kappa shape index (κ3) is 4.17. The van der Waals surface area contributed by atoms with Gasteiger partial charge in [0.1, 0.15) is 12.4 Å². The van der Waals surface area contributed by atoms with Crippen molar-refractivity contribution in [3.8, 4) is 5.75 Å². The van der Waals surface area contributed by atoms with Gasteiger partial charge in [-0.1, -0.05) is 60.7 Å². The summed E-state index contributed by atoms with van der Waals surface area (Å²) in [5.41, 5.74) is -2.00. The van der Waals surface area contributed by atoms with E-state index in [9.17, 15) is 27.2 Å². The van der Waals surface area contributed by atoms with Crippen molar-refractivity contribution in [2.24, 2.45) is 0 Å². The van der Waals surface area contributed by atoms with Crippen LogP contribution in [0, 0.1) is 0 Å². The van der Waals surface area contributed by atoms with Crippen LogP contribution >= 0.6 is 0 Å². The van der Waals surface area contributed by atoms with E-state index in [1.54, 1.807) is 55.5 Å². The lowest BCUT2D eigenvalue weighted by molar-refractivity contribution is -0.323. The zero-order valence-electron chi connectivity index (χ0n) is 18.8. The minimum Gasteiger partial charge on any atom is -0.494 e. The lowest BCUT2D eigenvalue weighted by Gasteiger charge is -2.51. The highest BCUT2D eigenvalue weighted by Gasteiger charge is 2.84. The number of benzene rings is 3. The van der Waals surface area contributed by atoms with Gasteiger partial charge < -0.3 is 9.47 Å². The van der Waals surface area contributed by atoms with E-state index < -0.39 is 36.3 Å². The Labute approximate surface area is 199 Å². The molecule has 4 nitrogen and oxygen atoms in total. The Hall–Kier alpha value is -3.68. The van der Waals surface area contributed by atoms with Gasteiger partial charge in [0.2, 0.25) is 0 Å². The molecule has 0 bridgehead atoms. The summed E-state index contributed by atoms with van der Waals surface area (Å²) in [5, 5.41) is 0. The Bertz CT molecular complexity index is 1230. The molecule has 1 aliphatic rings. The number of rotatable bonds is 8. The van der Waals surface area contributed by atoms with Gasteiger partial charge in [-0.15, -0.1) is 0 Å². The summed E-state index contributed by atoms with van der Waals surface area (Å²) < 4.78 is 67.8. The fourth-order valence-corrected chi connectivity index (χ4v) is 4.20. The third-order valence-corrected chi connectivity index (χ3v) is 6.08. The Morgan fingerprint density at radius 2 is 1.51 bits per heavy atom. The average molecular weight is 486 g/mol. The van der Waals surface area contributed by atoms with Gasteiger partial charge in [0, 0.05) is 17.5 Å². The lowest BCUT2D eigenvalue weighted by atomic mass is 9.58. The number of ether oxygens (including phenoxy) is 2. The van der Waals surface area contributed by atoms with Gasteiger partial charge in [-0.05, 0) is 36.2 Å². The van der Waals surface area contributed by atoms with Crippen LogP contribution in [0.3, 0.4) is 0 Å². The average Bonchev–Trinajstić information content (AvgIpc) is 2.86. The maximum absolute atomic E-state index is 14.8. The summed E-state index contributed by atoms with van der Waals surface area (Å²) in [6.45, 7) is 1.59. The Kier molecular flexibility index (Phi) is 6.40. The van der Waals surface area contributed by atoms with E-state index in [0.717, 1.165) is 0 Å². The molecule has 0 amide bonds. The van der Waals surface area contributed by atoms with Gasteiger partial charge in [0.15, 0.2) is 11.2 Å². The Balaban J connectivity index is 1.57. The molecule has 3 aromatic carbocycles. The topological polar surface area (TPSA) is 52.6 Å². The number of carbonyl (C=O) groups is 2. The molecule has 0 heterocycles. The van der Waals surface area contributed by atoms with Crippen molar-refractivity contribution in [1.29, 1.82) is 0 Å². The fraction of sp³-hybridized carbons (Fsp3) is 0.259. The maximum Gasteiger partial charge on any atom is 0.330 e. The zero-order valence-corrected chi connectivity index (χ0v) is 18.8. The Morgan fingerprint density at radius 3 is 2.11 bits per heavy atom. The van der Waals surface area contributed by atoms with Crippen molar-refractivity contribution in [3.05, 3.63) is 101 Å². The van der Waals surface area contributed by atoms with Gasteiger partial charge in [-0.3, -0.25) is 9.59 Å². The quantitative estimate of drug-likeness (QED) is 0.224. The SMILES string of the molecule is CCOc1ccc(C2(C(=O)OCc3cccc(C(=O)c4ccccc4)c3)CC(F)(F)C2(F)F)cc1. The molecule has 0 radical (unpaired) electrons. The van der Waals surface area contributed by atoms with E-state index >= 15 is 0 Å². The maximum atomic E-state index is 14.8. The van der Waals surface area contributed by atoms with Crippen molar-refractivity contribution in [1.82, 2.24) is 0 Å². The van der Waals surface area contributed by atoms with Crippen LogP contribution in [0.1, 0.15) is 40.4 Å². The van der Waals surface area contributed by atoms with Crippen molar-refractivity contribution < 1.29 is 36.6 Å². The molecule has 4 rings (SSSR count). The summed E-state index contributed by atoms with van der Waals surface area (Å²) in [5.74, 6) is -10.4. The number of hydrogen-bond acceptors (Lipinski definition) is 4. The van der Waals surface area contributed by atoms with Crippen LogP contribution in [0.25, 0.3) is 0 Å². The lowest BCUT2D eigenvalue weighted by Crippen LogP contribution is -2.72. The molecule has 1 fully saturated rings. The van der Waals surface area contributed by atoms with Gasteiger partial charge >= 0.3 is 17.8 Å². The van der Waals surface area contributed by atoms with Crippen LogP contribution in [0.15, 0.2) is 78.9 Å². The first-order valence-corrected chi connectivity index (χ1v) is 11.0. The molecule has 0 saturated heterocycles. The number of ketones is 1. The first-order valence-electron chi connectivity index (χ1n) is 11.0. The highest BCUT2D eigenvalue weighted by molar-refractivity contribution is 6.09. The summed E-state index contributed by atoms with van der Waals surface area (Å²) >= 11 is 0. The van der Waals surface area contributed by atoms with Crippen molar-refractivity contribution in [2.45, 2.75) is 37.2 Å². The van der Waals surface area contributed by atoms with E-state index in [4.69, 9.17) is 9.47 Å². The van der Waals surface area contributed by atoms with Crippen molar-refractivity contribution in [2.75, 3.05) is 6.61 Å². The number of alkyl halides is 4. The molecular weight excluding hydrogens is 464 g/mol. The van der Waals surface area contributed by atoms with Gasteiger partial charge in [0.25, 0.3) is 0 Å². The molecule has 0 aliphatic heterocycles. The van der Waals surface area contributed by atoms with Crippen LogP contribution in [-0.4, -0.2) is 30.2 Å². The van der Waals surface area contributed by atoms with Crippen LogP contribution in [-0.2, 0) is 21.6 Å². The van der Waals surface area contributed by atoms with Gasteiger partial charge in [0.05, 0.1) is 6.61 Å². The van der Waals surface area contributed by atoms with Crippen LogP contribution in [0.4, 0.5) is 17.6 Å². The number of esters is 1. The predicted octanol–water partition coefficient (Wildman–Crippen LogP) is 5.97. The second-order valence-corrected chi connectivity index (χ2v) is 8.29. The van der Waals surface area contributed by atoms with Crippen LogP contribution < -0.4 is 4.74 Å². The van der Waals surface area contributed by atoms with Crippen LogP contribution in [0.5, 0.6) is 5.75 Å². The molecule has 8 heteroatoms. The normalized spacial score (nSPS) is 19.9. The number of hydrogen-bond donors (Lipinski definition) is 0. The van der Waals surface area contributed by atoms with Crippen molar-refractivity contribution in [3.63, 3.8) is 0 Å². The molecule has 0 aromatic heterocycles. The van der Waals surface area contributed by atoms with Gasteiger partial charge in [-0.2, -0.15) is 17.6 Å².